The Morgan fingerprint density at radius 1 is 1.35 bits per heavy atom. The second kappa shape index (κ2) is 6.77. The van der Waals surface area contributed by atoms with E-state index >= 15 is 0 Å². The van der Waals surface area contributed by atoms with Crippen LogP contribution in [0.3, 0.4) is 0 Å². The molecule has 0 radical (unpaired) electrons. The lowest BCUT2D eigenvalue weighted by Crippen LogP contribution is -2.36. The Kier molecular flexibility index (Phi) is 4.81. The molecule has 0 N–H and O–H groups in total. The zero-order chi connectivity index (χ0) is 19.1. The Bertz CT molecular complexity index is 804. The van der Waals surface area contributed by atoms with E-state index in [1.807, 2.05) is 0 Å². The molecule has 0 saturated heterocycles. The Hall–Kier alpha value is -2.32. The van der Waals surface area contributed by atoms with Gasteiger partial charge in [0, 0.05) is 32.5 Å². The summed E-state index contributed by atoms with van der Waals surface area (Å²) >= 11 is 0. The average molecular weight is 369 g/mol. The van der Waals surface area contributed by atoms with Crippen molar-refractivity contribution in [1.82, 2.24) is 24.2 Å². The Labute approximate surface area is 149 Å². The van der Waals surface area contributed by atoms with Crippen molar-refractivity contribution in [2.75, 3.05) is 13.1 Å². The summed E-state index contributed by atoms with van der Waals surface area (Å²) in [5.41, 5.74) is 0.824. The maximum absolute atomic E-state index is 13.2. The predicted molar refractivity (Wildman–Crippen MR) is 89.1 cm³/mol. The van der Waals surface area contributed by atoms with Gasteiger partial charge in [0.2, 0.25) is 0 Å². The van der Waals surface area contributed by atoms with Crippen molar-refractivity contribution in [3.63, 3.8) is 0 Å². The Morgan fingerprint density at radius 2 is 2.04 bits per heavy atom. The minimum atomic E-state index is -4.30. The van der Waals surface area contributed by atoms with Crippen molar-refractivity contribution < 1.29 is 18.0 Å². The number of amides is 1. The minimum Gasteiger partial charge on any atom is -0.338 e. The van der Waals surface area contributed by atoms with Crippen LogP contribution in [0.4, 0.5) is 13.2 Å². The molecule has 1 saturated carbocycles. The number of aromatic nitrogens is 4. The quantitative estimate of drug-likeness (QED) is 0.787. The number of imidazole rings is 1. The van der Waals surface area contributed by atoms with Gasteiger partial charge in [-0.25, -0.2) is 4.98 Å². The van der Waals surface area contributed by atoms with Gasteiger partial charge in [0.1, 0.15) is 17.2 Å². The SMILES string of the molecule is Cc1nn(C)c(-n2ccnc2C)c1C(=O)N(CCC(F)(F)F)CC1CC1. The third-order valence-electron chi connectivity index (χ3n) is 4.59. The number of aryl methyl sites for hydroxylation is 3. The Balaban J connectivity index is 1.95. The molecule has 1 fully saturated rings. The summed E-state index contributed by atoms with van der Waals surface area (Å²) in [4.78, 5) is 18.6. The molecule has 1 aliphatic carbocycles. The Morgan fingerprint density at radius 3 is 2.58 bits per heavy atom. The van der Waals surface area contributed by atoms with E-state index in [4.69, 9.17) is 0 Å². The van der Waals surface area contributed by atoms with Crippen LogP contribution in [0.25, 0.3) is 5.82 Å². The van der Waals surface area contributed by atoms with Crippen molar-refractivity contribution in [2.24, 2.45) is 13.0 Å². The van der Waals surface area contributed by atoms with Crippen LogP contribution in [-0.2, 0) is 7.05 Å². The van der Waals surface area contributed by atoms with Gasteiger partial charge in [-0.15, -0.1) is 0 Å². The van der Waals surface area contributed by atoms with Gasteiger partial charge in [-0.3, -0.25) is 14.0 Å². The van der Waals surface area contributed by atoms with Gasteiger partial charge in [0.15, 0.2) is 0 Å². The highest BCUT2D eigenvalue weighted by molar-refractivity contribution is 5.98. The minimum absolute atomic E-state index is 0.294. The zero-order valence-electron chi connectivity index (χ0n) is 15.0. The van der Waals surface area contributed by atoms with Crippen LogP contribution in [0.1, 0.15) is 41.1 Å². The third kappa shape index (κ3) is 3.91. The summed E-state index contributed by atoms with van der Waals surface area (Å²) in [6, 6.07) is 0. The van der Waals surface area contributed by atoms with E-state index < -0.39 is 18.5 Å². The number of carbonyl (C=O) groups excluding carboxylic acids is 1. The fourth-order valence-electron chi connectivity index (χ4n) is 3.08. The molecule has 2 aromatic heterocycles. The third-order valence-corrected chi connectivity index (χ3v) is 4.59. The van der Waals surface area contributed by atoms with Crippen LogP contribution in [0.2, 0.25) is 0 Å². The summed E-state index contributed by atoms with van der Waals surface area (Å²) in [5.74, 6) is 1.08. The average Bonchev–Trinajstić information content (AvgIpc) is 3.19. The molecule has 6 nitrogen and oxygen atoms in total. The second-order valence-electron chi connectivity index (χ2n) is 6.81. The topological polar surface area (TPSA) is 56.0 Å². The molecule has 2 heterocycles. The molecule has 1 amide bonds. The molecule has 0 aliphatic heterocycles. The van der Waals surface area contributed by atoms with E-state index in [1.54, 1.807) is 42.5 Å². The lowest BCUT2D eigenvalue weighted by atomic mass is 10.2. The molecule has 0 aromatic carbocycles. The molecule has 9 heteroatoms. The van der Waals surface area contributed by atoms with Gasteiger partial charge < -0.3 is 4.90 Å². The monoisotopic (exact) mass is 369 g/mol. The van der Waals surface area contributed by atoms with Gasteiger partial charge in [0.25, 0.3) is 5.91 Å². The first-order valence-electron chi connectivity index (χ1n) is 8.57. The van der Waals surface area contributed by atoms with E-state index in [2.05, 4.69) is 10.1 Å². The van der Waals surface area contributed by atoms with Crippen molar-refractivity contribution in [2.45, 2.75) is 39.3 Å². The fourth-order valence-corrected chi connectivity index (χ4v) is 3.08. The number of hydrogen-bond donors (Lipinski definition) is 0. The zero-order valence-corrected chi connectivity index (χ0v) is 15.0. The smallest absolute Gasteiger partial charge is 0.338 e. The fraction of sp³-hybridized carbons (Fsp3) is 0.588. The molecule has 0 atom stereocenters. The van der Waals surface area contributed by atoms with Crippen LogP contribution in [-0.4, -0.2) is 49.4 Å². The van der Waals surface area contributed by atoms with Crippen LogP contribution < -0.4 is 0 Å². The lowest BCUT2D eigenvalue weighted by molar-refractivity contribution is -0.136. The number of carbonyl (C=O) groups is 1. The van der Waals surface area contributed by atoms with E-state index in [-0.39, 0.29) is 6.54 Å². The van der Waals surface area contributed by atoms with Crippen molar-refractivity contribution >= 4 is 5.91 Å². The molecule has 0 unspecified atom stereocenters. The highest BCUT2D eigenvalue weighted by atomic mass is 19.4. The molecule has 142 valence electrons. The first kappa shape index (κ1) is 18.5. The summed E-state index contributed by atoms with van der Waals surface area (Å²) in [7, 11) is 1.71. The molecule has 3 rings (SSSR count). The number of nitrogens with zero attached hydrogens (tertiary/aromatic N) is 5. The summed E-state index contributed by atoms with van der Waals surface area (Å²) in [6.07, 6.45) is -0.0777. The molecule has 26 heavy (non-hydrogen) atoms. The molecule has 2 aromatic rings. The van der Waals surface area contributed by atoms with Crippen molar-refractivity contribution in [3.05, 3.63) is 29.5 Å². The van der Waals surface area contributed by atoms with E-state index in [1.165, 1.54) is 4.90 Å². The van der Waals surface area contributed by atoms with E-state index in [9.17, 15) is 18.0 Å². The maximum atomic E-state index is 13.2. The predicted octanol–water partition coefficient (Wildman–Crippen LogP) is 3.03. The van der Waals surface area contributed by atoms with Gasteiger partial charge in [-0.2, -0.15) is 18.3 Å². The summed E-state index contributed by atoms with van der Waals surface area (Å²) in [5, 5.41) is 4.31. The molecular formula is C17H22F3N5O. The molecular weight excluding hydrogens is 347 g/mol. The highest BCUT2D eigenvalue weighted by Gasteiger charge is 2.34. The van der Waals surface area contributed by atoms with Crippen LogP contribution in [0.15, 0.2) is 12.4 Å². The van der Waals surface area contributed by atoms with Crippen molar-refractivity contribution in [3.8, 4) is 5.82 Å². The maximum Gasteiger partial charge on any atom is 0.390 e. The molecule has 1 aliphatic rings. The van der Waals surface area contributed by atoms with Crippen LogP contribution >= 0.6 is 0 Å². The number of rotatable bonds is 6. The molecule has 0 bridgehead atoms. The van der Waals surface area contributed by atoms with Gasteiger partial charge in [-0.1, -0.05) is 0 Å². The van der Waals surface area contributed by atoms with Gasteiger partial charge >= 0.3 is 6.18 Å². The standard InChI is InChI=1S/C17H22F3N5O/c1-11-14(15(23(3)22-11)25-9-7-21-12(25)2)16(26)24(10-13-4-5-13)8-6-17(18,19)20/h7,9,13H,4-6,8,10H2,1-3H3. The largest absolute Gasteiger partial charge is 0.390 e. The summed E-state index contributed by atoms with van der Waals surface area (Å²) < 4.78 is 41.4. The van der Waals surface area contributed by atoms with Crippen LogP contribution in [0, 0.1) is 19.8 Å². The van der Waals surface area contributed by atoms with E-state index in [0.29, 0.717) is 35.4 Å². The normalized spacial score (nSPS) is 14.7. The number of hydrogen-bond acceptors (Lipinski definition) is 3. The highest BCUT2D eigenvalue weighted by Crippen LogP contribution is 2.32. The summed E-state index contributed by atoms with van der Waals surface area (Å²) in [6.45, 7) is 3.51. The number of alkyl halides is 3. The first-order valence-corrected chi connectivity index (χ1v) is 8.57. The number of halogens is 3. The lowest BCUT2D eigenvalue weighted by Gasteiger charge is -2.24. The van der Waals surface area contributed by atoms with Gasteiger partial charge in [0.05, 0.1) is 12.1 Å². The molecule has 0 spiro atoms. The second-order valence-corrected chi connectivity index (χ2v) is 6.81. The first-order chi connectivity index (χ1) is 12.2. The van der Waals surface area contributed by atoms with Crippen LogP contribution in [0.5, 0.6) is 0 Å². The van der Waals surface area contributed by atoms with E-state index in [0.717, 1.165) is 12.8 Å². The van der Waals surface area contributed by atoms with Crippen molar-refractivity contribution in [1.29, 1.82) is 0 Å². The van der Waals surface area contributed by atoms with Gasteiger partial charge in [-0.05, 0) is 32.6 Å².